The van der Waals surface area contributed by atoms with Crippen LogP contribution in [0.5, 0.6) is 11.5 Å². The molecule has 2 aromatic rings. The maximum Gasteiger partial charge on any atom is 0.243 e. The highest BCUT2D eigenvalue weighted by Gasteiger charge is 2.26. The quantitative estimate of drug-likeness (QED) is 0.773. The lowest BCUT2D eigenvalue weighted by atomic mass is 10.1. The molecule has 2 heterocycles. The summed E-state index contributed by atoms with van der Waals surface area (Å²) in [5.41, 5.74) is 2.63. The van der Waals surface area contributed by atoms with E-state index in [0.717, 1.165) is 16.8 Å². The second-order valence-corrected chi connectivity index (χ2v) is 9.29. The van der Waals surface area contributed by atoms with Gasteiger partial charge in [0, 0.05) is 25.3 Å². The van der Waals surface area contributed by atoms with Gasteiger partial charge < -0.3 is 19.5 Å². The molecule has 156 valence electrons. The highest BCUT2D eigenvalue weighted by molar-refractivity contribution is 7.89. The lowest BCUT2D eigenvalue weighted by molar-refractivity contribution is 0.0730. The van der Waals surface area contributed by atoms with Crippen molar-refractivity contribution in [3.8, 4) is 11.5 Å². The van der Waals surface area contributed by atoms with Gasteiger partial charge in [0.15, 0.2) is 11.5 Å². The summed E-state index contributed by atoms with van der Waals surface area (Å²) in [5.74, 6) is 1.19. The molecule has 0 aromatic heterocycles. The molecule has 9 heteroatoms. The molecule has 0 saturated carbocycles. The van der Waals surface area contributed by atoms with Crippen LogP contribution in [0.1, 0.15) is 11.1 Å². The Balaban J connectivity index is 1.54. The molecule has 2 aliphatic rings. The first-order chi connectivity index (χ1) is 13.9. The van der Waals surface area contributed by atoms with Gasteiger partial charge in [-0.3, -0.25) is 0 Å². The van der Waals surface area contributed by atoms with Crippen molar-refractivity contribution < 1.29 is 22.6 Å². The molecule has 0 bridgehead atoms. The van der Waals surface area contributed by atoms with E-state index in [9.17, 15) is 8.42 Å². The Kier molecular flexibility index (Phi) is 5.87. The third-order valence-electron chi connectivity index (χ3n) is 4.96. The molecule has 1 saturated heterocycles. The van der Waals surface area contributed by atoms with Gasteiger partial charge in [0.2, 0.25) is 10.0 Å². The number of anilines is 1. The number of nitrogens with zero attached hydrogens (tertiary/aromatic N) is 1. The van der Waals surface area contributed by atoms with Crippen LogP contribution in [0, 0.1) is 6.92 Å². The number of sulfonamides is 1. The number of fused-ring (bicyclic) bond motifs is 1. The van der Waals surface area contributed by atoms with E-state index in [-0.39, 0.29) is 4.90 Å². The molecule has 2 aliphatic heterocycles. The standard InChI is InChI=1S/C20H23ClN2O5S/c1-14-2-3-16(29(24,25)23-4-6-26-7-5-23)12-18(14)22-13-15-10-17(21)20-19(11-15)27-8-9-28-20/h2-3,10-12,22H,4-9,13H2,1H3. The van der Waals surface area contributed by atoms with Gasteiger partial charge in [0.25, 0.3) is 0 Å². The lowest BCUT2D eigenvalue weighted by Gasteiger charge is -2.26. The Morgan fingerprint density at radius 2 is 1.83 bits per heavy atom. The zero-order chi connectivity index (χ0) is 20.4. The zero-order valence-corrected chi connectivity index (χ0v) is 17.7. The summed E-state index contributed by atoms with van der Waals surface area (Å²) in [6.07, 6.45) is 0. The largest absolute Gasteiger partial charge is 0.486 e. The van der Waals surface area contributed by atoms with Crippen LogP contribution < -0.4 is 14.8 Å². The number of hydrogen-bond acceptors (Lipinski definition) is 6. The first kappa shape index (κ1) is 20.3. The normalized spacial score (nSPS) is 17.2. The van der Waals surface area contributed by atoms with Crippen LogP contribution in [0.3, 0.4) is 0 Å². The summed E-state index contributed by atoms with van der Waals surface area (Å²) in [6.45, 7) is 4.95. The van der Waals surface area contributed by atoms with Crippen molar-refractivity contribution in [3.05, 3.63) is 46.5 Å². The Morgan fingerprint density at radius 3 is 2.62 bits per heavy atom. The van der Waals surface area contributed by atoms with E-state index in [2.05, 4.69) is 5.32 Å². The van der Waals surface area contributed by atoms with Gasteiger partial charge in [0.1, 0.15) is 13.2 Å². The number of benzene rings is 2. The fourth-order valence-electron chi connectivity index (χ4n) is 3.35. The first-order valence-electron chi connectivity index (χ1n) is 9.45. The molecule has 0 unspecified atom stereocenters. The summed E-state index contributed by atoms with van der Waals surface area (Å²) in [7, 11) is -3.55. The van der Waals surface area contributed by atoms with Gasteiger partial charge in [-0.2, -0.15) is 4.31 Å². The van der Waals surface area contributed by atoms with Crippen LogP contribution in [0.4, 0.5) is 5.69 Å². The molecule has 2 aromatic carbocycles. The van der Waals surface area contributed by atoms with E-state index in [1.165, 1.54) is 4.31 Å². The highest BCUT2D eigenvalue weighted by Crippen LogP contribution is 2.38. The third-order valence-corrected chi connectivity index (χ3v) is 7.13. The summed E-state index contributed by atoms with van der Waals surface area (Å²) in [6, 6.07) is 8.85. The zero-order valence-electron chi connectivity index (χ0n) is 16.1. The van der Waals surface area contributed by atoms with E-state index < -0.39 is 10.0 Å². The Bertz CT molecular complexity index is 1010. The number of aryl methyl sites for hydroxylation is 1. The van der Waals surface area contributed by atoms with Crippen molar-refractivity contribution in [2.45, 2.75) is 18.4 Å². The molecule has 29 heavy (non-hydrogen) atoms. The second-order valence-electron chi connectivity index (χ2n) is 6.95. The van der Waals surface area contributed by atoms with Crippen LogP contribution in [-0.2, 0) is 21.3 Å². The molecule has 7 nitrogen and oxygen atoms in total. The van der Waals surface area contributed by atoms with Crippen molar-refractivity contribution in [2.24, 2.45) is 0 Å². The molecular weight excluding hydrogens is 416 g/mol. The first-order valence-corrected chi connectivity index (χ1v) is 11.3. The predicted molar refractivity (Wildman–Crippen MR) is 111 cm³/mol. The number of ether oxygens (including phenoxy) is 3. The molecule has 0 spiro atoms. The maximum atomic E-state index is 12.9. The topological polar surface area (TPSA) is 77.1 Å². The number of hydrogen-bond donors (Lipinski definition) is 1. The SMILES string of the molecule is Cc1ccc(S(=O)(=O)N2CCOCC2)cc1NCc1cc(Cl)c2c(c1)OCCO2. The van der Waals surface area contributed by atoms with Gasteiger partial charge in [-0.25, -0.2) is 8.42 Å². The number of nitrogens with one attached hydrogen (secondary N) is 1. The van der Waals surface area contributed by atoms with Gasteiger partial charge in [-0.15, -0.1) is 0 Å². The maximum absolute atomic E-state index is 12.9. The molecule has 0 atom stereocenters. The molecule has 0 radical (unpaired) electrons. The van der Waals surface area contributed by atoms with Crippen molar-refractivity contribution in [3.63, 3.8) is 0 Å². The molecule has 0 amide bonds. The van der Waals surface area contributed by atoms with Crippen LogP contribution >= 0.6 is 11.6 Å². The average Bonchev–Trinajstić information content (AvgIpc) is 2.74. The fraction of sp³-hybridized carbons (Fsp3) is 0.400. The number of halogens is 1. The highest BCUT2D eigenvalue weighted by atomic mass is 35.5. The van der Waals surface area contributed by atoms with E-state index in [1.54, 1.807) is 12.1 Å². The van der Waals surface area contributed by atoms with E-state index in [1.807, 2.05) is 25.1 Å². The number of rotatable bonds is 5. The van der Waals surface area contributed by atoms with Gasteiger partial charge in [0.05, 0.1) is 23.1 Å². The van der Waals surface area contributed by atoms with E-state index in [0.29, 0.717) is 62.6 Å². The molecule has 4 rings (SSSR count). The van der Waals surface area contributed by atoms with Crippen LogP contribution in [-0.4, -0.2) is 52.2 Å². The van der Waals surface area contributed by atoms with Crippen molar-refractivity contribution in [1.29, 1.82) is 0 Å². The summed E-state index contributed by atoms with van der Waals surface area (Å²) in [4.78, 5) is 0.271. The smallest absolute Gasteiger partial charge is 0.243 e. The minimum absolute atomic E-state index is 0.271. The fourth-order valence-corrected chi connectivity index (χ4v) is 5.07. The third kappa shape index (κ3) is 4.30. The van der Waals surface area contributed by atoms with E-state index in [4.69, 9.17) is 25.8 Å². The van der Waals surface area contributed by atoms with Gasteiger partial charge >= 0.3 is 0 Å². The molecular formula is C20H23ClN2O5S. The van der Waals surface area contributed by atoms with Crippen molar-refractivity contribution in [1.82, 2.24) is 4.31 Å². The molecule has 0 aliphatic carbocycles. The lowest BCUT2D eigenvalue weighted by Crippen LogP contribution is -2.40. The number of morpholine rings is 1. The van der Waals surface area contributed by atoms with E-state index >= 15 is 0 Å². The van der Waals surface area contributed by atoms with Crippen molar-refractivity contribution in [2.75, 3.05) is 44.8 Å². The minimum Gasteiger partial charge on any atom is -0.486 e. The average molecular weight is 439 g/mol. The summed E-state index contributed by atoms with van der Waals surface area (Å²) < 4.78 is 43.7. The molecule has 1 fully saturated rings. The summed E-state index contributed by atoms with van der Waals surface area (Å²) in [5, 5.41) is 3.82. The monoisotopic (exact) mass is 438 g/mol. The van der Waals surface area contributed by atoms with Gasteiger partial charge in [-0.1, -0.05) is 17.7 Å². The minimum atomic E-state index is -3.55. The van der Waals surface area contributed by atoms with Crippen LogP contribution in [0.25, 0.3) is 0 Å². The van der Waals surface area contributed by atoms with Gasteiger partial charge in [-0.05, 0) is 42.3 Å². The second kappa shape index (κ2) is 8.39. The molecule has 1 N–H and O–H groups in total. The van der Waals surface area contributed by atoms with Crippen LogP contribution in [0.15, 0.2) is 35.2 Å². The van der Waals surface area contributed by atoms with Crippen LogP contribution in [0.2, 0.25) is 5.02 Å². The van der Waals surface area contributed by atoms with Crippen molar-refractivity contribution >= 4 is 27.3 Å². The Labute approximate surface area is 175 Å². The predicted octanol–water partition coefficient (Wildman–Crippen LogP) is 3.05. The Hall–Kier alpha value is -2.00. The summed E-state index contributed by atoms with van der Waals surface area (Å²) >= 11 is 6.30. The Morgan fingerprint density at radius 1 is 1.07 bits per heavy atom.